The normalized spacial score (nSPS) is 12.2. The largest absolute Gasteiger partial charge is 0.394 e. The van der Waals surface area contributed by atoms with Crippen molar-refractivity contribution < 1.29 is 9.90 Å². The van der Waals surface area contributed by atoms with E-state index in [9.17, 15) is 4.79 Å². The molecule has 0 aliphatic rings. The molecule has 0 fully saturated rings. The van der Waals surface area contributed by atoms with Crippen molar-refractivity contribution in [2.45, 2.75) is 6.04 Å². The lowest BCUT2D eigenvalue weighted by Crippen LogP contribution is -2.31. The molecule has 0 aliphatic carbocycles. The molecule has 1 amide bonds. The van der Waals surface area contributed by atoms with Crippen molar-refractivity contribution in [1.82, 2.24) is 5.32 Å². The van der Waals surface area contributed by atoms with Gasteiger partial charge in [0.05, 0.1) is 12.6 Å². The van der Waals surface area contributed by atoms with E-state index >= 15 is 0 Å². The number of alkyl halides is 1. The summed E-state index contributed by atoms with van der Waals surface area (Å²) in [5.41, 5.74) is 0.753. The standard InChI is InChI=1S/C10H11Cl2NO2/c11-5-10(15)13-9(6-14)7-2-1-3-8(12)4-7/h1-4,9,14H,5-6H2,(H,13,15)/t9-/m1/s1. The second kappa shape index (κ2) is 5.95. The van der Waals surface area contributed by atoms with E-state index in [0.29, 0.717) is 5.02 Å². The second-order valence-corrected chi connectivity index (χ2v) is 3.70. The third-order valence-corrected chi connectivity index (χ3v) is 2.37. The first kappa shape index (κ1) is 12.3. The monoisotopic (exact) mass is 247 g/mol. The molecule has 0 bridgehead atoms. The van der Waals surface area contributed by atoms with Crippen molar-refractivity contribution in [2.24, 2.45) is 0 Å². The lowest BCUT2D eigenvalue weighted by Gasteiger charge is -2.16. The molecular weight excluding hydrogens is 237 g/mol. The van der Waals surface area contributed by atoms with Crippen LogP contribution in [0.15, 0.2) is 24.3 Å². The Balaban J connectivity index is 2.78. The Morgan fingerprint density at radius 2 is 2.27 bits per heavy atom. The van der Waals surface area contributed by atoms with Crippen LogP contribution >= 0.6 is 23.2 Å². The first-order valence-electron chi connectivity index (χ1n) is 4.39. The summed E-state index contributed by atoms with van der Waals surface area (Å²) < 4.78 is 0. The number of halogens is 2. The summed E-state index contributed by atoms with van der Waals surface area (Å²) in [5, 5.41) is 12.3. The molecule has 5 heteroatoms. The van der Waals surface area contributed by atoms with Gasteiger partial charge in [0.2, 0.25) is 5.91 Å². The lowest BCUT2D eigenvalue weighted by molar-refractivity contribution is -0.119. The molecule has 2 N–H and O–H groups in total. The Morgan fingerprint density at radius 1 is 1.53 bits per heavy atom. The number of aliphatic hydroxyl groups is 1. The molecule has 0 aromatic heterocycles. The Kier molecular flexibility index (Phi) is 4.88. The fraction of sp³-hybridized carbons (Fsp3) is 0.300. The predicted octanol–water partition coefficient (Wildman–Crippen LogP) is 1.73. The highest BCUT2D eigenvalue weighted by Crippen LogP contribution is 2.17. The third-order valence-electron chi connectivity index (χ3n) is 1.89. The summed E-state index contributed by atoms with van der Waals surface area (Å²) in [6.07, 6.45) is 0. The van der Waals surface area contributed by atoms with E-state index in [1.165, 1.54) is 0 Å². The van der Waals surface area contributed by atoms with Gasteiger partial charge in [-0.15, -0.1) is 11.6 Å². The summed E-state index contributed by atoms with van der Waals surface area (Å²) in [6.45, 7) is -0.191. The van der Waals surface area contributed by atoms with Crippen LogP contribution < -0.4 is 5.32 Å². The minimum absolute atomic E-state index is 0.128. The van der Waals surface area contributed by atoms with Crippen molar-refractivity contribution >= 4 is 29.1 Å². The van der Waals surface area contributed by atoms with Crippen molar-refractivity contribution in [1.29, 1.82) is 0 Å². The molecule has 0 saturated carbocycles. The van der Waals surface area contributed by atoms with Gasteiger partial charge in [-0.2, -0.15) is 0 Å². The number of hydrogen-bond donors (Lipinski definition) is 2. The summed E-state index contributed by atoms with van der Waals surface area (Å²) in [5.74, 6) is -0.451. The number of rotatable bonds is 4. The summed E-state index contributed by atoms with van der Waals surface area (Å²) in [6, 6.07) is 6.49. The van der Waals surface area contributed by atoms with E-state index < -0.39 is 6.04 Å². The number of aliphatic hydroxyl groups excluding tert-OH is 1. The maximum absolute atomic E-state index is 11.1. The molecule has 1 rings (SSSR count). The summed E-state index contributed by atoms with van der Waals surface area (Å²) >= 11 is 11.1. The highest BCUT2D eigenvalue weighted by atomic mass is 35.5. The van der Waals surface area contributed by atoms with E-state index in [1.807, 2.05) is 0 Å². The Labute approximate surface area is 98.0 Å². The zero-order valence-electron chi connectivity index (χ0n) is 7.91. The summed E-state index contributed by atoms with van der Waals surface area (Å²) in [4.78, 5) is 11.1. The first-order valence-corrected chi connectivity index (χ1v) is 5.30. The molecule has 0 spiro atoms. The van der Waals surface area contributed by atoms with Crippen molar-refractivity contribution in [3.63, 3.8) is 0 Å². The smallest absolute Gasteiger partial charge is 0.235 e. The Bertz CT molecular complexity index is 344. The van der Waals surface area contributed by atoms with Crippen LogP contribution in [0.1, 0.15) is 11.6 Å². The third kappa shape index (κ3) is 3.70. The van der Waals surface area contributed by atoms with Crippen LogP contribution in [0, 0.1) is 0 Å². The minimum atomic E-state index is -0.463. The maximum atomic E-state index is 11.1. The number of hydrogen-bond acceptors (Lipinski definition) is 2. The number of amides is 1. The molecule has 1 aromatic rings. The Morgan fingerprint density at radius 3 is 2.80 bits per heavy atom. The fourth-order valence-corrected chi connectivity index (χ4v) is 1.47. The fourth-order valence-electron chi connectivity index (χ4n) is 1.19. The van der Waals surface area contributed by atoms with E-state index in [-0.39, 0.29) is 18.4 Å². The van der Waals surface area contributed by atoms with E-state index in [0.717, 1.165) is 5.56 Å². The van der Waals surface area contributed by atoms with Gasteiger partial charge in [-0.25, -0.2) is 0 Å². The number of benzene rings is 1. The molecule has 3 nitrogen and oxygen atoms in total. The molecule has 82 valence electrons. The van der Waals surface area contributed by atoms with Crippen LogP contribution in [0.5, 0.6) is 0 Å². The SMILES string of the molecule is O=C(CCl)N[C@H](CO)c1cccc(Cl)c1. The van der Waals surface area contributed by atoms with Crippen molar-refractivity contribution in [2.75, 3.05) is 12.5 Å². The molecule has 15 heavy (non-hydrogen) atoms. The van der Waals surface area contributed by atoms with Gasteiger partial charge in [-0.05, 0) is 17.7 Å². The van der Waals surface area contributed by atoms with Gasteiger partial charge in [0.25, 0.3) is 0 Å². The maximum Gasteiger partial charge on any atom is 0.235 e. The van der Waals surface area contributed by atoms with Gasteiger partial charge < -0.3 is 10.4 Å². The van der Waals surface area contributed by atoms with E-state index in [1.54, 1.807) is 24.3 Å². The van der Waals surface area contributed by atoms with Gasteiger partial charge in [0, 0.05) is 5.02 Å². The first-order chi connectivity index (χ1) is 7.17. The lowest BCUT2D eigenvalue weighted by atomic mass is 10.1. The quantitative estimate of drug-likeness (QED) is 0.797. The van der Waals surface area contributed by atoms with Crippen LogP contribution in [0.4, 0.5) is 0 Å². The number of carbonyl (C=O) groups excluding carboxylic acids is 1. The molecule has 1 atom stereocenters. The highest BCUT2D eigenvalue weighted by molar-refractivity contribution is 6.30. The van der Waals surface area contributed by atoms with Crippen LogP contribution in [-0.2, 0) is 4.79 Å². The van der Waals surface area contributed by atoms with Gasteiger partial charge in [-0.1, -0.05) is 23.7 Å². The van der Waals surface area contributed by atoms with E-state index in [2.05, 4.69) is 5.32 Å². The van der Waals surface area contributed by atoms with Gasteiger partial charge >= 0.3 is 0 Å². The zero-order valence-corrected chi connectivity index (χ0v) is 9.42. The number of carbonyl (C=O) groups is 1. The molecule has 0 unspecified atom stereocenters. The Hall–Kier alpha value is -0.770. The highest BCUT2D eigenvalue weighted by Gasteiger charge is 2.12. The molecule has 0 saturated heterocycles. The second-order valence-electron chi connectivity index (χ2n) is 2.99. The van der Waals surface area contributed by atoms with Crippen LogP contribution in [0.3, 0.4) is 0 Å². The molecular formula is C10H11Cl2NO2. The average molecular weight is 248 g/mol. The van der Waals surface area contributed by atoms with Gasteiger partial charge in [0.15, 0.2) is 0 Å². The average Bonchev–Trinajstić information content (AvgIpc) is 2.25. The van der Waals surface area contributed by atoms with Crippen molar-refractivity contribution in [3.05, 3.63) is 34.9 Å². The van der Waals surface area contributed by atoms with Gasteiger partial charge in [-0.3, -0.25) is 4.79 Å². The molecule has 0 radical (unpaired) electrons. The predicted molar refractivity (Wildman–Crippen MR) is 60.1 cm³/mol. The minimum Gasteiger partial charge on any atom is -0.394 e. The topological polar surface area (TPSA) is 49.3 Å². The zero-order chi connectivity index (χ0) is 11.3. The van der Waals surface area contributed by atoms with Crippen LogP contribution in [-0.4, -0.2) is 23.5 Å². The van der Waals surface area contributed by atoms with Gasteiger partial charge in [0.1, 0.15) is 5.88 Å². The summed E-state index contributed by atoms with van der Waals surface area (Å²) in [7, 11) is 0. The number of nitrogens with one attached hydrogen (secondary N) is 1. The van der Waals surface area contributed by atoms with Crippen LogP contribution in [0.25, 0.3) is 0 Å². The van der Waals surface area contributed by atoms with E-state index in [4.69, 9.17) is 28.3 Å². The van der Waals surface area contributed by atoms with Crippen molar-refractivity contribution in [3.8, 4) is 0 Å². The molecule has 1 aromatic carbocycles. The molecule has 0 heterocycles. The molecule has 0 aliphatic heterocycles. The van der Waals surface area contributed by atoms with Crippen LogP contribution in [0.2, 0.25) is 5.02 Å².